The fourth-order valence-corrected chi connectivity index (χ4v) is 1.84. The Bertz CT molecular complexity index is 868. The average Bonchev–Trinajstić information content (AvgIpc) is 2.79. The summed E-state index contributed by atoms with van der Waals surface area (Å²) >= 11 is 0. The van der Waals surface area contributed by atoms with Crippen LogP contribution in [0.5, 0.6) is 0 Å². The predicted molar refractivity (Wildman–Crippen MR) is 119 cm³/mol. The van der Waals surface area contributed by atoms with E-state index < -0.39 is 17.2 Å². The highest BCUT2D eigenvalue weighted by Crippen LogP contribution is 2.17. The Morgan fingerprint density at radius 3 is 1.58 bits per heavy atom. The Morgan fingerprint density at radius 1 is 0.871 bits per heavy atom. The summed E-state index contributed by atoms with van der Waals surface area (Å²) in [5, 5.41) is 34.6. The first-order chi connectivity index (χ1) is 14.5. The van der Waals surface area contributed by atoms with Crippen LogP contribution >= 0.6 is 0 Å². The lowest BCUT2D eigenvalue weighted by atomic mass is 10.0. The zero-order chi connectivity index (χ0) is 23.9. The molecule has 7 nitrogen and oxygen atoms in total. The Labute approximate surface area is 184 Å². The summed E-state index contributed by atoms with van der Waals surface area (Å²) in [6.45, 7) is 6.57. The van der Waals surface area contributed by atoms with E-state index in [1.165, 1.54) is 0 Å². The van der Waals surface area contributed by atoms with Gasteiger partial charge in [0.05, 0.1) is 12.1 Å². The Kier molecular flexibility index (Phi) is 12.3. The molecule has 7 heteroatoms. The maximum Gasteiger partial charge on any atom is 0.195 e. The lowest BCUT2D eigenvalue weighted by Crippen LogP contribution is -2.17. The van der Waals surface area contributed by atoms with Crippen molar-refractivity contribution in [3.63, 3.8) is 0 Å². The van der Waals surface area contributed by atoms with Crippen LogP contribution in [0.15, 0.2) is 70.9 Å². The molecule has 164 valence electrons. The Morgan fingerprint density at radius 2 is 1.23 bits per heavy atom. The first kappa shape index (κ1) is 27.6. The predicted octanol–water partition coefficient (Wildman–Crippen LogP) is 4.91. The molecule has 0 radical (unpaired) electrons. The van der Waals surface area contributed by atoms with Crippen molar-refractivity contribution < 1.29 is 14.6 Å². The molecule has 0 aliphatic heterocycles. The summed E-state index contributed by atoms with van der Waals surface area (Å²) in [5.74, 6) is -0.271. The fourth-order valence-electron chi connectivity index (χ4n) is 1.84. The number of azo groups is 1. The molecule has 2 aromatic carbocycles. The molecule has 0 saturated carbocycles. The zero-order valence-corrected chi connectivity index (χ0v) is 18.9. The molecule has 1 N–H and O–H groups in total. The van der Waals surface area contributed by atoms with Gasteiger partial charge in [0, 0.05) is 19.8 Å². The smallest absolute Gasteiger partial charge is 0.195 e. The summed E-state index contributed by atoms with van der Waals surface area (Å²) in [6, 6.07) is 21.7. The van der Waals surface area contributed by atoms with Crippen LogP contribution in [0, 0.1) is 22.7 Å². The number of carbonyl (C=O) groups is 1. The molecule has 0 spiro atoms. The molecule has 0 amide bonds. The number of nitrogens with zero attached hydrogens (tertiary/aromatic N) is 4. The number of nitriles is 2. The molecule has 0 heterocycles. The van der Waals surface area contributed by atoms with Crippen molar-refractivity contribution >= 4 is 5.78 Å². The van der Waals surface area contributed by atoms with Gasteiger partial charge in [-0.1, -0.05) is 60.7 Å². The van der Waals surface area contributed by atoms with Crippen molar-refractivity contribution in [2.75, 3.05) is 14.2 Å². The molecule has 0 aromatic heterocycles. The van der Waals surface area contributed by atoms with Gasteiger partial charge in [-0.25, -0.2) is 0 Å². The number of ether oxygens (including phenoxy) is 1. The van der Waals surface area contributed by atoms with Crippen LogP contribution in [-0.4, -0.2) is 36.2 Å². The molecule has 0 bridgehead atoms. The van der Waals surface area contributed by atoms with Gasteiger partial charge < -0.3 is 9.84 Å². The fraction of sp³-hybridized carbons (Fsp3) is 0.375. The number of aliphatic hydroxyl groups is 1. The standard InChI is InChI=1S/C14H12O2.C8H12N4.C2H6O/c15-13(11-7-3-1-4-8-11)14(16)12-9-5-2-6-10-12;1-7(2,5-9)11-12-8(3,4)6-10;1-3-2/h1-10,13,15H;1-4H3;1-2H3. The second kappa shape index (κ2) is 13.8. The first-order valence-corrected chi connectivity index (χ1v) is 9.52. The number of Topliss-reactive ketones (excluding diaryl/α,β-unsaturated/α-hetero) is 1. The summed E-state index contributed by atoms with van der Waals surface area (Å²) in [4.78, 5) is 11.9. The van der Waals surface area contributed by atoms with Gasteiger partial charge >= 0.3 is 0 Å². The van der Waals surface area contributed by atoms with Gasteiger partial charge in [0.25, 0.3) is 0 Å². The highest BCUT2D eigenvalue weighted by atomic mass is 16.4. The van der Waals surface area contributed by atoms with Gasteiger partial charge in [-0.15, -0.1) is 0 Å². The second-order valence-corrected chi connectivity index (χ2v) is 7.49. The number of carbonyl (C=O) groups excluding carboxylic acids is 1. The molecule has 0 fully saturated rings. The third-order valence-corrected chi connectivity index (χ3v) is 3.52. The van der Waals surface area contributed by atoms with E-state index in [4.69, 9.17) is 10.5 Å². The molecule has 2 aromatic rings. The van der Waals surface area contributed by atoms with Gasteiger partial charge in [-0.3, -0.25) is 4.79 Å². The van der Waals surface area contributed by atoms with Crippen LogP contribution in [0.2, 0.25) is 0 Å². The SMILES string of the molecule is CC(C)(C#N)N=NC(C)(C)C#N.COC.O=C(c1ccccc1)C(O)c1ccccc1. The van der Waals surface area contributed by atoms with Crippen LogP contribution in [0.25, 0.3) is 0 Å². The first-order valence-electron chi connectivity index (χ1n) is 9.52. The minimum absolute atomic E-state index is 0.271. The molecule has 2 rings (SSSR count). The van der Waals surface area contributed by atoms with E-state index in [-0.39, 0.29) is 5.78 Å². The minimum atomic E-state index is -1.08. The van der Waals surface area contributed by atoms with Crippen molar-refractivity contribution in [2.45, 2.75) is 44.9 Å². The lowest BCUT2D eigenvalue weighted by molar-refractivity contribution is 0.0747. The highest BCUT2D eigenvalue weighted by molar-refractivity contribution is 5.99. The number of rotatable bonds is 5. The van der Waals surface area contributed by atoms with E-state index in [2.05, 4.69) is 15.0 Å². The molecule has 1 unspecified atom stereocenters. The molecule has 0 saturated heterocycles. The van der Waals surface area contributed by atoms with Crippen molar-refractivity contribution in [2.24, 2.45) is 10.2 Å². The number of methoxy groups -OCH3 is 1. The number of hydrogen-bond acceptors (Lipinski definition) is 7. The zero-order valence-electron chi connectivity index (χ0n) is 18.9. The van der Waals surface area contributed by atoms with E-state index in [1.54, 1.807) is 90.4 Å². The molecule has 1 atom stereocenters. The van der Waals surface area contributed by atoms with Crippen molar-refractivity contribution in [1.29, 1.82) is 10.5 Å². The van der Waals surface area contributed by atoms with Crippen molar-refractivity contribution in [3.8, 4) is 12.1 Å². The Balaban J connectivity index is 0.000000535. The summed E-state index contributed by atoms with van der Waals surface area (Å²) in [5.41, 5.74) is -0.530. The molecular weight excluding hydrogens is 392 g/mol. The largest absolute Gasteiger partial charge is 0.388 e. The Hall–Kier alpha value is -3.39. The lowest BCUT2D eigenvalue weighted by Gasteiger charge is -2.11. The number of ketones is 1. The van der Waals surface area contributed by atoms with E-state index in [0.29, 0.717) is 11.1 Å². The molecule has 31 heavy (non-hydrogen) atoms. The topological polar surface area (TPSA) is 119 Å². The van der Waals surface area contributed by atoms with Crippen molar-refractivity contribution in [3.05, 3.63) is 71.8 Å². The quantitative estimate of drug-likeness (QED) is 0.542. The average molecular weight is 423 g/mol. The molecule has 0 aliphatic rings. The van der Waals surface area contributed by atoms with E-state index in [1.807, 2.05) is 24.3 Å². The summed E-state index contributed by atoms with van der Waals surface area (Å²) in [7, 11) is 3.25. The van der Waals surface area contributed by atoms with Crippen LogP contribution in [-0.2, 0) is 4.74 Å². The monoisotopic (exact) mass is 422 g/mol. The number of benzene rings is 2. The van der Waals surface area contributed by atoms with Crippen LogP contribution in [0.3, 0.4) is 0 Å². The summed E-state index contributed by atoms with van der Waals surface area (Å²) in [6.07, 6.45) is -1.08. The minimum Gasteiger partial charge on any atom is -0.388 e. The number of hydrogen-bond donors (Lipinski definition) is 1. The maximum atomic E-state index is 11.9. The normalized spacial score (nSPS) is 11.6. The molecule has 0 aliphatic carbocycles. The third-order valence-electron chi connectivity index (χ3n) is 3.52. The highest BCUT2D eigenvalue weighted by Gasteiger charge is 2.20. The second-order valence-electron chi connectivity index (χ2n) is 7.49. The van der Waals surface area contributed by atoms with Crippen LogP contribution in [0.1, 0.15) is 49.7 Å². The van der Waals surface area contributed by atoms with Gasteiger partial charge in [0.2, 0.25) is 0 Å². The van der Waals surface area contributed by atoms with Gasteiger partial charge in [0.15, 0.2) is 16.9 Å². The third kappa shape index (κ3) is 11.4. The summed E-state index contributed by atoms with van der Waals surface area (Å²) < 4.78 is 4.25. The van der Waals surface area contributed by atoms with Crippen LogP contribution in [0.4, 0.5) is 0 Å². The van der Waals surface area contributed by atoms with Crippen LogP contribution < -0.4 is 0 Å². The van der Waals surface area contributed by atoms with E-state index in [9.17, 15) is 9.90 Å². The van der Waals surface area contributed by atoms with Gasteiger partial charge in [0.1, 0.15) is 6.10 Å². The van der Waals surface area contributed by atoms with Gasteiger partial charge in [-0.05, 0) is 33.3 Å². The van der Waals surface area contributed by atoms with Crippen molar-refractivity contribution in [1.82, 2.24) is 0 Å². The molecular formula is C24H30N4O3. The van der Waals surface area contributed by atoms with E-state index >= 15 is 0 Å². The van der Waals surface area contributed by atoms with E-state index in [0.717, 1.165) is 0 Å². The van der Waals surface area contributed by atoms with Gasteiger partial charge in [-0.2, -0.15) is 20.8 Å². The maximum absolute atomic E-state index is 11.9. The number of aliphatic hydroxyl groups excluding tert-OH is 1.